The summed E-state index contributed by atoms with van der Waals surface area (Å²) in [4.78, 5) is 11.8. The Hall–Kier alpha value is -2.09. The van der Waals surface area contributed by atoms with Gasteiger partial charge in [-0.2, -0.15) is 0 Å². The molecule has 1 amide bonds. The molecule has 0 unspecified atom stereocenters. The minimum atomic E-state index is 0.0597. The van der Waals surface area contributed by atoms with E-state index in [0.717, 1.165) is 5.56 Å². The van der Waals surface area contributed by atoms with E-state index in [9.17, 15) is 4.79 Å². The van der Waals surface area contributed by atoms with Gasteiger partial charge in [-0.25, -0.2) is 0 Å². The van der Waals surface area contributed by atoms with Gasteiger partial charge in [0.1, 0.15) is 0 Å². The van der Waals surface area contributed by atoms with Crippen molar-refractivity contribution in [2.45, 2.75) is 19.9 Å². The molecular formula is C16H17NO. The number of aryl methyl sites for hydroxylation is 1. The molecule has 2 heteroatoms. The SMILES string of the molecule is Cc1ccccc1CNC(=O)Cc1ccccc1. The summed E-state index contributed by atoms with van der Waals surface area (Å²) in [5.41, 5.74) is 3.41. The van der Waals surface area contributed by atoms with Crippen molar-refractivity contribution in [1.29, 1.82) is 0 Å². The maximum Gasteiger partial charge on any atom is 0.224 e. The Bertz CT molecular complexity index is 520. The van der Waals surface area contributed by atoms with E-state index in [1.807, 2.05) is 48.5 Å². The summed E-state index contributed by atoms with van der Waals surface area (Å²) in [6.45, 7) is 2.65. The maximum atomic E-state index is 11.8. The molecule has 0 aliphatic rings. The van der Waals surface area contributed by atoms with Gasteiger partial charge in [-0.3, -0.25) is 4.79 Å². The number of benzene rings is 2. The van der Waals surface area contributed by atoms with Crippen molar-refractivity contribution in [3.8, 4) is 0 Å². The van der Waals surface area contributed by atoms with Crippen LogP contribution >= 0.6 is 0 Å². The standard InChI is InChI=1S/C16H17NO/c1-13-7-5-6-10-15(13)12-17-16(18)11-14-8-3-2-4-9-14/h2-10H,11-12H2,1H3,(H,17,18). The van der Waals surface area contributed by atoms with Crippen molar-refractivity contribution in [1.82, 2.24) is 5.32 Å². The van der Waals surface area contributed by atoms with Gasteiger partial charge in [-0.15, -0.1) is 0 Å². The third-order valence-electron chi connectivity index (χ3n) is 2.94. The Morgan fingerprint density at radius 2 is 1.67 bits per heavy atom. The molecule has 0 aliphatic heterocycles. The van der Waals surface area contributed by atoms with E-state index in [0.29, 0.717) is 13.0 Å². The highest BCUT2D eigenvalue weighted by molar-refractivity contribution is 5.78. The lowest BCUT2D eigenvalue weighted by Crippen LogP contribution is -2.24. The van der Waals surface area contributed by atoms with Crippen LogP contribution in [-0.2, 0) is 17.8 Å². The summed E-state index contributed by atoms with van der Waals surface area (Å²) in [7, 11) is 0. The summed E-state index contributed by atoms with van der Waals surface area (Å²) in [6.07, 6.45) is 0.437. The van der Waals surface area contributed by atoms with Gasteiger partial charge in [-0.1, -0.05) is 54.6 Å². The van der Waals surface area contributed by atoms with Gasteiger partial charge < -0.3 is 5.32 Å². The van der Waals surface area contributed by atoms with E-state index >= 15 is 0 Å². The minimum absolute atomic E-state index is 0.0597. The van der Waals surface area contributed by atoms with Crippen LogP contribution in [0.3, 0.4) is 0 Å². The number of amides is 1. The van der Waals surface area contributed by atoms with E-state index in [-0.39, 0.29) is 5.91 Å². The van der Waals surface area contributed by atoms with Crippen LogP contribution < -0.4 is 5.32 Å². The largest absolute Gasteiger partial charge is 0.352 e. The average Bonchev–Trinajstić information content (AvgIpc) is 2.39. The molecule has 0 radical (unpaired) electrons. The Morgan fingerprint density at radius 3 is 2.39 bits per heavy atom. The fourth-order valence-corrected chi connectivity index (χ4v) is 1.85. The van der Waals surface area contributed by atoms with Gasteiger partial charge in [-0.05, 0) is 23.6 Å². The third kappa shape index (κ3) is 3.45. The van der Waals surface area contributed by atoms with Crippen molar-refractivity contribution in [2.24, 2.45) is 0 Å². The summed E-state index contributed by atoms with van der Waals surface area (Å²) in [6, 6.07) is 17.9. The Kier molecular flexibility index (Phi) is 4.13. The first-order valence-electron chi connectivity index (χ1n) is 6.11. The lowest BCUT2D eigenvalue weighted by molar-refractivity contribution is -0.120. The van der Waals surface area contributed by atoms with Crippen LogP contribution in [0.1, 0.15) is 16.7 Å². The monoisotopic (exact) mass is 239 g/mol. The van der Waals surface area contributed by atoms with E-state index < -0.39 is 0 Å². The van der Waals surface area contributed by atoms with Crippen LogP contribution in [0, 0.1) is 6.92 Å². The molecule has 0 aromatic heterocycles. The van der Waals surface area contributed by atoms with Crippen LogP contribution in [0.5, 0.6) is 0 Å². The molecule has 0 atom stereocenters. The van der Waals surface area contributed by atoms with Crippen molar-refractivity contribution < 1.29 is 4.79 Å². The number of nitrogens with one attached hydrogen (secondary N) is 1. The molecule has 0 spiro atoms. The number of hydrogen-bond acceptors (Lipinski definition) is 1. The van der Waals surface area contributed by atoms with Crippen LogP contribution in [0.25, 0.3) is 0 Å². The van der Waals surface area contributed by atoms with Gasteiger partial charge in [0.05, 0.1) is 6.42 Å². The minimum Gasteiger partial charge on any atom is -0.352 e. The highest BCUT2D eigenvalue weighted by atomic mass is 16.1. The van der Waals surface area contributed by atoms with Gasteiger partial charge in [0.2, 0.25) is 5.91 Å². The van der Waals surface area contributed by atoms with Crippen molar-refractivity contribution in [3.05, 3.63) is 71.3 Å². The average molecular weight is 239 g/mol. The predicted octanol–water partition coefficient (Wildman–Crippen LogP) is 2.85. The summed E-state index contributed by atoms with van der Waals surface area (Å²) in [5.74, 6) is 0.0597. The number of carbonyl (C=O) groups excluding carboxylic acids is 1. The van der Waals surface area contributed by atoms with Crippen LogP contribution in [0.4, 0.5) is 0 Å². The summed E-state index contributed by atoms with van der Waals surface area (Å²) < 4.78 is 0. The molecule has 0 saturated carbocycles. The van der Waals surface area contributed by atoms with Crippen molar-refractivity contribution >= 4 is 5.91 Å². The van der Waals surface area contributed by atoms with Crippen LogP contribution in [-0.4, -0.2) is 5.91 Å². The van der Waals surface area contributed by atoms with Gasteiger partial charge in [0, 0.05) is 6.54 Å². The molecule has 0 saturated heterocycles. The van der Waals surface area contributed by atoms with E-state index in [1.54, 1.807) is 0 Å². The lowest BCUT2D eigenvalue weighted by atomic mass is 10.1. The molecular weight excluding hydrogens is 222 g/mol. The smallest absolute Gasteiger partial charge is 0.224 e. The normalized spacial score (nSPS) is 10.1. The predicted molar refractivity (Wildman–Crippen MR) is 73.2 cm³/mol. The maximum absolute atomic E-state index is 11.8. The molecule has 2 aromatic rings. The van der Waals surface area contributed by atoms with Crippen LogP contribution in [0.15, 0.2) is 54.6 Å². The first kappa shape index (κ1) is 12.4. The number of rotatable bonds is 4. The molecule has 92 valence electrons. The molecule has 0 aliphatic carbocycles. The van der Waals surface area contributed by atoms with E-state index in [1.165, 1.54) is 11.1 Å². The summed E-state index contributed by atoms with van der Waals surface area (Å²) in [5, 5.41) is 2.95. The zero-order valence-corrected chi connectivity index (χ0v) is 10.5. The van der Waals surface area contributed by atoms with Crippen molar-refractivity contribution in [3.63, 3.8) is 0 Å². The summed E-state index contributed by atoms with van der Waals surface area (Å²) >= 11 is 0. The number of hydrogen-bond donors (Lipinski definition) is 1. The first-order valence-corrected chi connectivity index (χ1v) is 6.11. The van der Waals surface area contributed by atoms with E-state index in [2.05, 4.69) is 18.3 Å². The van der Waals surface area contributed by atoms with Gasteiger partial charge >= 0.3 is 0 Å². The highest BCUT2D eigenvalue weighted by Crippen LogP contribution is 2.06. The van der Waals surface area contributed by atoms with Crippen LogP contribution in [0.2, 0.25) is 0 Å². The molecule has 18 heavy (non-hydrogen) atoms. The van der Waals surface area contributed by atoms with E-state index in [4.69, 9.17) is 0 Å². The van der Waals surface area contributed by atoms with Gasteiger partial charge in [0.15, 0.2) is 0 Å². The Balaban J connectivity index is 1.88. The molecule has 2 rings (SSSR count). The van der Waals surface area contributed by atoms with Crippen molar-refractivity contribution in [2.75, 3.05) is 0 Å². The number of carbonyl (C=O) groups is 1. The highest BCUT2D eigenvalue weighted by Gasteiger charge is 2.03. The molecule has 2 aromatic carbocycles. The lowest BCUT2D eigenvalue weighted by Gasteiger charge is -2.07. The molecule has 0 heterocycles. The Labute approximate surface area is 108 Å². The molecule has 0 fully saturated rings. The zero-order valence-electron chi connectivity index (χ0n) is 10.5. The zero-order chi connectivity index (χ0) is 12.8. The third-order valence-corrected chi connectivity index (χ3v) is 2.94. The second kappa shape index (κ2) is 6.01. The quantitative estimate of drug-likeness (QED) is 0.873. The molecule has 2 nitrogen and oxygen atoms in total. The fourth-order valence-electron chi connectivity index (χ4n) is 1.85. The topological polar surface area (TPSA) is 29.1 Å². The first-order chi connectivity index (χ1) is 8.75. The Morgan fingerprint density at radius 1 is 1.00 bits per heavy atom. The fraction of sp³-hybridized carbons (Fsp3) is 0.188. The van der Waals surface area contributed by atoms with Gasteiger partial charge in [0.25, 0.3) is 0 Å². The molecule has 1 N–H and O–H groups in total. The molecule has 0 bridgehead atoms. The second-order valence-electron chi connectivity index (χ2n) is 4.37. The second-order valence-corrected chi connectivity index (χ2v) is 4.37.